The summed E-state index contributed by atoms with van der Waals surface area (Å²) < 4.78 is 17.1. The lowest BCUT2D eigenvalue weighted by molar-refractivity contribution is 0.0199. The summed E-state index contributed by atoms with van der Waals surface area (Å²) in [5.74, 6) is 1.15. The molecule has 11 nitrogen and oxygen atoms in total. The summed E-state index contributed by atoms with van der Waals surface area (Å²) in [6.07, 6.45) is 10.1. The van der Waals surface area contributed by atoms with Crippen LogP contribution in [0.15, 0.2) is 48.8 Å². The summed E-state index contributed by atoms with van der Waals surface area (Å²) in [7, 11) is 0. The molecule has 0 radical (unpaired) electrons. The second kappa shape index (κ2) is 15.2. The first-order chi connectivity index (χ1) is 22.4. The first-order valence-corrected chi connectivity index (χ1v) is 16.9. The summed E-state index contributed by atoms with van der Waals surface area (Å²) in [4.78, 5) is 49.2. The van der Waals surface area contributed by atoms with E-state index in [-0.39, 0.29) is 35.7 Å². The molecule has 3 aromatic rings. The Balaban J connectivity index is 1.08. The monoisotopic (exact) mass is 681 g/mol. The topological polar surface area (TPSA) is 132 Å². The molecule has 2 N–H and O–H groups in total. The fourth-order valence-corrected chi connectivity index (χ4v) is 5.61. The van der Waals surface area contributed by atoms with Crippen molar-refractivity contribution < 1.29 is 28.6 Å². The maximum Gasteiger partial charge on any atom is 0.410 e. The van der Waals surface area contributed by atoms with Gasteiger partial charge in [0.2, 0.25) is 0 Å². The summed E-state index contributed by atoms with van der Waals surface area (Å²) in [5, 5.41) is 6.77. The van der Waals surface area contributed by atoms with E-state index in [1.807, 2.05) is 45.9 Å². The van der Waals surface area contributed by atoms with E-state index in [1.54, 1.807) is 29.3 Å². The molecule has 3 amide bonds. The molecule has 0 unspecified atom stereocenters. The van der Waals surface area contributed by atoms with Crippen LogP contribution in [0.2, 0.25) is 5.02 Å². The quantitative estimate of drug-likeness (QED) is 0.228. The Morgan fingerprint density at radius 1 is 1.09 bits per heavy atom. The molecule has 3 heterocycles. The molecule has 1 saturated heterocycles. The molecule has 1 saturated carbocycles. The Hall–Kier alpha value is -4.16. The highest BCUT2D eigenvalue weighted by molar-refractivity contribution is 7.14. The van der Waals surface area contributed by atoms with Crippen molar-refractivity contribution in [2.75, 3.05) is 19.7 Å². The molecule has 0 spiro atoms. The van der Waals surface area contributed by atoms with Gasteiger partial charge in [0.1, 0.15) is 22.8 Å². The third-order valence-corrected chi connectivity index (χ3v) is 8.57. The van der Waals surface area contributed by atoms with Crippen molar-refractivity contribution in [1.82, 2.24) is 25.5 Å². The van der Waals surface area contributed by atoms with Crippen LogP contribution in [0.3, 0.4) is 0 Å². The number of hydrogen-bond donors (Lipinski definition) is 2. The van der Waals surface area contributed by atoms with Crippen molar-refractivity contribution >= 4 is 46.9 Å². The highest BCUT2D eigenvalue weighted by Crippen LogP contribution is 2.35. The molecule has 2 fully saturated rings. The number of hydrogen-bond acceptors (Lipinski definition) is 9. The number of pyridine rings is 1. The number of carbonyl (C=O) groups excluding carboxylic acids is 3. The molecule has 1 atom stereocenters. The standard InChI is InChI=1S/C34H40ClN5O6S/c1-21(5-9-26-19-37-32(47-26)45-29-10-8-25(18-27(29)35)44-20-22-6-7-22)38-30(41)23-11-14-36-28(17-23)31(42)39-24-12-15-40(16-13-24)33(43)46-34(2,3)4/h5,8-11,14,17-19,21-22,24H,6-7,12-13,15-16,20H2,1-4H3,(H,38,41)(H,39,42)/t21-/m0/s1. The molecule has 250 valence electrons. The summed E-state index contributed by atoms with van der Waals surface area (Å²) in [6.45, 7) is 9.00. The van der Waals surface area contributed by atoms with Crippen molar-refractivity contribution in [2.24, 2.45) is 5.92 Å². The van der Waals surface area contributed by atoms with Gasteiger partial charge < -0.3 is 29.7 Å². The lowest BCUT2D eigenvalue weighted by atomic mass is 10.0. The normalized spacial score (nSPS) is 16.1. The lowest BCUT2D eigenvalue weighted by Crippen LogP contribution is -2.47. The number of likely N-dealkylation sites (tertiary alicyclic amines) is 1. The number of halogens is 1. The van der Waals surface area contributed by atoms with Gasteiger partial charge in [-0.15, -0.1) is 0 Å². The highest BCUT2D eigenvalue weighted by Gasteiger charge is 2.28. The van der Waals surface area contributed by atoms with Gasteiger partial charge in [0.05, 0.1) is 16.5 Å². The van der Waals surface area contributed by atoms with Crippen LogP contribution in [-0.4, -0.2) is 70.2 Å². The van der Waals surface area contributed by atoms with Gasteiger partial charge in [-0.05, 0) is 89.6 Å². The third kappa shape index (κ3) is 10.4. The molecule has 1 aliphatic carbocycles. The lowest BCUT2D eigenvalue weighted by Gasteiger charge is -2.33. The number of rotatable bonds is 11. The number of piperidine rings is 1. The van der Waals surface area contributed by atoms with Crippen LogP contribution in [0.5, 0.6) is 16.7 Å². The maximum atomic E-state index is 13.0. The predicted molar refractivity (Wildman–Crippen MR) is 180 cm³/mol. The van der Waals surface area contributed by atoms with Gasteiger partial charge in [0.25, 0.3) is 17.0 Å². The van der Waals surface area contributed by atoms with E-state index >= 15 is 0 Å². The number of amides is 3. The minimum absolute atomic E-state index is 0.114. The SMILES string of the molecule is C[C@@H](C=Cc1cnc(Oc2ccc(OCC3CC3)cc2Cl)s1)NC(=O)c1ccnc(C(=O)NC2CCN(C(=O)OC(C)(C)C)CC2)c1. The van der Waals surface area contributed by atoms with Crippen LogP contribution >= 0.6 is 22.9 Å². The first kappa shape index (κ1) is 34.2. The average molecular weight is 682 g/mol. The molecular formula is C34H40ClN5O6S. The van der Waals surface area contributed by atoms with Crippen LogP contribution < -0.4 is 20.1 Å². The third-order valence-electron chi connectivity index (χ3n) is 7.43. The number of carbonyl (C=O) groups is 3. The molecule has 1 aliphatic heterocycles. The zero-order valence-electron chi connectivity index (χ0n) is 27.0. The van der Waals surface area contributed by atoms with Crippen LogP contribution in [0.4, 0.5) is 4.79 Å². The number of nitrogens with zero attached hydrogens (tertiary/aromatic N) is 3. The van der Waals surface area contributed by atoms with E-state index in [1.165, 1.54) is 36.4 Å². The molecular weight excluding hydrogens is 642 g/mol. The molecule has 5 rings (SSSR count). The van der Waals surface area contributed by atoms with Gasteiger partial charge in [-0.2, -0.15) is 0 Å². The van der Waals surface area contributed by atoms with E-state index in [9.17, 15) is 14.4 Å². The Bertz CT molecular complexity index is 1610. The van der Waals surface area contributed by atoms with Crippen LogP contribution in [0, 0.1) is 5.92 Å². The van der Waals surface area contributed by atoms with Crippen molar-refractivity contribution in [3.63, 3.8) is 0 Å². The van der Waals surface area contributed by atoms with Crippen LogP contribution in [0.25, 0.3) is 6.08 Å². The summed E-state index contributed by atoms with van der Waals surface area (Å²) in [6, 6.07) is 7.95. The molecule has 0 bridgehead atoms. The fraction of sp³-hybridized carbons (Fsp3) is 0.441. The van der Waals surface area contributed by atoms with E-state index in [2.05, 4.69) is 20.6 Å². The molecule has 1 aromatic carbocycles. The van der Waals surface area contributed by atoms with E-state index in [0.29, 0.717) is 65.7 Å². The Morgan fingerprint density at radius 2 is 1.85 bits per heavy atom. The molecule has 2 aromatic heterocycles. The largest absolute Gasteiger partial charge is 0.493 e. The smallest absolute Gasteiger partial charge is 0.410 e. The molecule has 47 heavy (non-hydrogen) atoms. The Labute approximate surface area is 283 Å². The zero-order valence-corrected chi connectivity index (χ0v) is 28.5. The Morgan fingerprint density at radius 3 is 2.55 bits per heavy atom. The minimum Gasteiger partial charge on any atom is -0.493 e. The fourth-order valence-electron chi connectivity index (χ4n) is 4.71. The number of thiazole rings is 1. The summed E-state index contributed by atoms with van der Waals surface area (Å²) in [5.41, 5.74) is -0.0955. The second-order valence-corrected chi connectivity index (χ2v) is 14.2. The van der Waals surface area contributed by atoms with E-state index in [4.69, 9.17) is 25.8 Å². The van der Waals surface area contributed by atoms with Crippen molar-refractivity contribution in [3.05, 3.63) is 70.0 Å². The number of ether oxygens (including phenoxy) is 3. The van der Waals surface area contributed by atoms with Crippen LogP contribution in [0.1, 0.15) is 79.1 Å². The molecule has 2 aliphatic rings. The first-order valence-electron chi connectivity index (χ1n) is 15.7. The number of nitrogens with one attached hydrogen (secondary N) is 2. The van der Waals surface area contributed by atoms with Crippen LogP contribution in [-0.2, 0) is 4.74 Å². The number of benzene rings is 1. The van der Waals surface area contributed by atoms with Crippen molar-refractivity contribution in [2.45, 2.75) is 71.1 Å². The van der Waals surface area contributed by atoms with Crippen molar-refractivity contribution in [3.8, 4) is 16.7 Å². The highest BCUT2D eigenvalue weighted by atomic mass is 35.5. The van der Waals surface area contributed by atoms with E-state index < -0.39 is 5.60 Å². The average Bonchev–Trinajstić information content (AvgIpc) is 3.76. The molecule has 13 heteroatoms. The van der Waals surface area contributed by atoms with Gasteiger partial charge in [-0.25, -0.2) is 9.78 Å². The van der Waals surface area contributed by atoms with Gasteiger partial charge in [0, 0.05) is 49.2 Å². The van der Waals surface area contributed by atoms with Crippen molar-refractivity contribution in [1.29, 1.82) is 0 Å². The van der Waals surface area contributed by atoms with E-state index in [0.717, 1.165) is 4.88 Å². The van der Waals surface area contributed by atoms with Gasteiger partial charge >= 0.3 is 6.09 Å². The Kier molecular flexibility index (Phi) is 11.0. The van der Waals surface area contributed by atoms with Gasteiger partial charge in [-0.1, -0.05) is 29.0 Å². The van der Waals surface area contributed by atoms with Gasteiger partial charge in [0.15, 0.2) is 0 Å². The number of aromatic nitrogens is 2. The minimum atomic E-state index is -0.561. The maximum absolute atomic E-state index is 13.0. The zero-order chi connectivity index (χ0) is 33.6. The summed E-state index contributed by atoms with van der Waals surface area (Å²) >= 11 is 7.74. The predicted octanol–water partition coefficient (Wildman–Crippen LogP) is 6.73. The van der Waals surface area contributed by atoms with Gasteiger partial charge in [-0.3, -0.25) is 14.6 Å². The second-order valence-electron chi connectivity index (χ2n) is 12.7.